The normalized spacial score (nSPS) is 15.5. The second kappa shape index (κ2) is 10.1. The molecule has 6 nitrogen and oxygen atoms in total. The third-order valence-corrected chi connectivity index (χ3v) is 8.01. The van der Waals surface area contributed by atoms with Gasteiger partial charge in [-0.15, -0.1) is 0 Å². The summed E-state index contributed by atoms with van der Waals surface area (Å²) < 4.78 is 1.75. The van der Waals surface area contributed by atoms with E-state index >= 15 is 0 Å². The Morgan fingerprint density at radius 3 is 2.44 bits per heavy atom. The standard InChI is InChI=1S/C27H30N4O2S/c1-2-29(20-10-5-3-6-11-20)19-25(32)30-17-16-24-23(18-30)26(33)31(21-12-7-4-8-13-21)27(28-24)34-22-14-9-15-22/h3-8,10-13,22H,2,9,14-19H2,1H3. The summed E-state index contributed by atoms with van der Waals surface area (Å²) in [7, 11) is 0. The molecule has 0 spiro atoms. The van der Waals surface area contributed by atoms with E-state index in [9.17, 15) is 9.59 Å². The van der Waals surface area contributed by atoms with Crippen molar-refractivity contribution in [1.29, 1.82) is 0 Å². The Hall–Kier alpha value is -3.06. The van der Waals surface area contributed by atoms with E-state index in [1.54, 1.807) is 16.3 Å². The Morgan fingerprint density at radius 1 is 1.09 bits per heavy atom. The minimum Gasteiger partial charge on any atom is -0.362 e. The number of benzene rings is 2. The van der Waals surface area contributed by atoms with Gasteiger partial charge in [0.1, 0.15) is 0 Å². The summed E-state index contributed by atoms with van der Waals surface area (Å²) in [5.41, 5.74) is 3.30. The second-order valence-corrected chi connectivity index (χ2v) is 10.1. The number of thioether (sulfide) groups is 1. The number of hydrogen-bond donors (Lipinski definition) is 0. The van der Waals surface area contributed by atoms with Crippen LogP contribution >= 0.6 is 11.8 Å². The van der Waals surface area contributed by atoms with E-state index in [4.69, 9.17) is 4.98 Å². The van der Waals surface area contributed by atoms with Crippen molar-refractivity contribution in [3.63, 3.8) is 0 Å². The molecule has 176 valence electrons. The topological polar surface area (TPSA) is 58.4 Å². The first-order chi connectivity index (χ1) is 16.6. The van der Waals surface area contributed by atoms with Gasteiger partial charge >= 0.3 is 0 Å². The molecule has 34 heavy (non-hydrogen) atoms. The molecule has 1 aromatic heterocycles. The molecule has 2 aromatic carbocycles. The first kappa shape index (κ1) is 22.7. The number of aromatic nitrogens is 2. The molecule has 5 rings (SSSR count). The smallest absolute Gasteiger partial charge is 0.264 e. The SMILES string of the molecule is CCN(CC(=O)N1CCc2nc(SC3CCC3)n(-c3ccccc3)c(=O)c2C1)c1ccccc1. The van der Waals surface area contributed by atoms with Crippen LogP contribution in [-0.2, 0) is 17.8 Å². The van der Waals surface area contributed by atoms with Crippen molar-refractivity contribution in [3.05, 3.63) is 82.3 Å². The summed E-state index contributed by atoms with van der Waals surface area (Å²) in [6, 6.07) is 19.7. The Bertz CT molecular complexity index is 1210. The third kappa shape index (κ3) is 4.62. The molecule has 0 N–H and O–H groups in total. The predicted octanol–water partition coefficient (Wildman–Crippen LogP) is 4.29. The average Bonchev–Trinajstić information content (AvgIpc) is 2.85. The molecule has 3 aromatic rings. The van der Waals surface area contributed by atoms with Crippen LogP contribution in [0.5, 0.6) is 0 Å². The molecule has 1 amide bonds. The van der Waals surface area contributed by atoms with E-state index in [1.807, 2.05) is 65.6 Å². The van der Waals surface area contributed by atoms with E-state index < -0.39 is 0 Å². The lowest BCUT2D eigenvalue weighted by molar-refractivity contribution is -0.130. The zero-order valence-electron chi connectivity index (χ0n) is 19.5. The monoisotopic (exact) mass is 474 g/mol. The highest BCUT2D eigenvalue weighted by Gasteiger charge is 2.29. The summed E-state index contributed by atoms with van der Waals surface area (Å²) in [5.74, 6) is 0.0370. The lowest BCUT2D eigenvalue weighted by atomic mass is 10.0. The van der Waals surface area contributed by atoms with Gasteiger partial charge in [-0.3, -0.25) is 14.2 Å². The van der Waals surface area contributed by atoms with Crippen LogP contribution in [0.25, 0.3) is 5.69 Å². The van der Waals surface area contributed by atoms with Crippen LogP contribution in [0.1, 0.15) is 37.4 Å². The first-order valence-electron chi connectivity index (χ1n) is 12.1. The molecule has 1 saturated carbocycles. The molecule has 0 radical (unpaired) electrons. The Balaban J connectivity index is 1.42. The molecule has 1 fully saturated rings. The Labute approximate surface area is 204 Å². The van der Waals surface area contributed by atoms with Gasteiger partial charge in [0, 0.05) is 30.4 Å². The maximum atomic E-state index is 13.8. The maximum absolute atomic E-state index is 13.8. The number of anilines is 1. The molecule has 1 aliphatic heterocycles. The number of fused-ring (bicyclic) bond motifs is 1. The maximum Gasteiger partial charge on any atom is 0.264 e. The van der Waals surface area contributed by atoms with E-state index in [-0.39, 0.29) is 11.5 Å². The molecular weight excluding hydrogens is 444 g/mol. The number of rotatable bonds is 7. The number of carbonyl (C=O) groups excluding carboxylic acids is 1. The molecule has 7 heteroatoms. The fourth-order valence-electron chi connectivity index (χ4n) is 4.48. The second-order valence-electron chi connectivity index (χ2n) is 8.88. The zero-order valence-corrected chi connectivity index (χ0v) is 20.3. The molecular formula is C27H30N4O2S. The van der Waals surface area contributed by atoms with Gasteiger partial charge in [0.25, 0.3) is 5.56 Å². The zero-order chi connectivity index (χ0) is 23.5. The lowest BCUT2D eigenvalue weighted by Gasteiger charge is -2.32. The number of amides is 1. The van der Waals surface area contributed by atoms with Crippen molar-refractivity contribution in [2.75, 3.05) is 24.5 Å². The number of nitrogens with zero attached hydrogens (tertiary/aromatic N) is 4. The molecule has 0 bridgehead atoms. The van der Waals surface area contributed by atoms with Gasteiger partial charge in [0.15, 0.2) is 5.16 Å². The van der Waals surface area contributed by atoms with Crippen LogP contribution in [0, 0.1) is 0 Å². The van der Waals surface area contributed by atoms with Crippen molar-refractivity contribution >= 4 is 23.4 Å². The highest BCUT2D eigenvalue weighted by atomic mass is 32.2. The summed E-state index contributed by atoms with van der Waals surface area (Å²) >= 11 is 1.72. The van der Waals surface area contributed by atoms with E-state index in [0.29, 0.717) is 36.9 Å². The average molecular weight is 475 g/mol. The fourth-order valence-corrected chi connectivity index (χ4v) is 5.80. The number of hydrogen-bond acceptors (Lipinski definition) is 5. The largest absolute Gasteiger partial charge is 0.362 e. The van der Waals surface area contributed by atoms with Crippen molar-refractivity contribution in [2.45, 2.75) is 49.6 Å². The van der Waals surface area contributed by atoms with Crippen molar-refractivity contribution in [2.24, 2.45) is 0 Å². The quantitative estimate of drug-likeness (QED) is 0.478. The van der Waals surface area contributed by atoms with Crippen LogP contribution in [-0.4, -0.2) is 45.2 Å². The summed E-state index contributed by atoms with van der Waals surface area (Å²) in [5, 5.41) is 1.31. The fraction of sp³-hybridized carbons (Fsp3) is 0.370. The van der Waals surface area contributed by atoms with Gasteiger partial charge in [0.05, 0.1) is 30.0 Å². The Kier molecular flexibility index (Phi) is 6.72. The van der Waals surface area contributed by atoms with Gasteiger partial charge in [-0.2, -0.15) is 0 Å². The Morgan fingerprint density at radius 2 is 1.79 bits per heavy atom. The minimum atomic E-state index is -0.0501. The van der Waals surface area contributed by atoms with Crippen molar-refractivity contribution in [3.8, 4) is 5.69 Å². The number of para-hydroxylation sites is 2. The molecule has 1 aliphatic carbocycles. The van der Waals surface area contributed by atoms with Gasteiger partial charge in [0.2, 0.25) is 5.91 Å². The minimum absolute atomic E-state index is 0.0370. The van der Waals surface area contributed by atoms with E-state index in [1.165, 1.54) is 19.3 Å². The molecule has 0 unspecified atom stereocenters. The highest BCUT2D eigenvalue weighted by molar-refractivity contribution is 7.99. The molecule has 0 atom stereocenters. The molecule has 2 heterocycles. The number of likely N-dealkylation sites (N-methyl/N-ethyl adjacent to an activating group) is 1. The highest BCUT2D eigenvalue weighted by Crippen LogP contribution is 2.36. The van der Waals surface area contributed by atoms with Crippen LogP contribution in [0.3, 0.4) is 0 Å². The summed E-state index contributed by atoms with van der Waals surface area (Å²) in [6.45, 7) is 3.99. The number of carbonyl (C=O) groups is 1. The molecule has 0 saturated heterocycles. The van der Waals surface area contributed by atoms with Gasteiger partial charge in [-0.05, 0) is 44.0 Å². The van der Waals surface area contributed by atoms with Gasteiger partial charge in [-0.1, -0.05) is 54.6 Å². The van der Waals surface area contributed by atoms with Crippen molar-refractivity contribution < 1.29 is 4.79 Å². The summed E-state index contributed by atoms with van der Waals surface area (Å²) in [6.07, 6.45) is 4.20. The molecule has 2 aliphatic rings. The first-order valence-corrected chi connectivity index (χ1v) is 13.0. The van der Waals surface area contributed by atoms with Gasteiger partial charge < -0.3 is 9.80 Å². The summed E-state index contributed by atoms with van der Waals surface area (Å²) in [4.78, 5) is 35.8. The van der Waals surface area contributed by atoms with Crippen LogP contribution < -0.4 is 10.5 Å². The van der Waals surface area contributed by atoms with Gasteiger partial charge in [-0.25, -0.2) is 4.98 Å². The lowest BCUT2D eigenvalue weighted by Crippen LogP contribution is -2.45. The third-order valence-electron chi connectivity index (χ3n) is 6.72. The van der Waals surface area contributed by atoms with Crippen LogP contribution in [0.4, 0.5) is 5.69 Å². The van der Waals surface area contributed by atoms with Crippen molar-refractivity contribution in [1.82, 2.24) is 14.5 Å². The van der Waals surface area contributed by atoms with Crippen LogP contribution in [0.2, 0.25) is 0 Å². The van der Waals surface area contributed by atoms with Crippen LogP contribution in [0.15, 0.2) is 70.6 Å². The van der Waals surface area contributed by atoms with E-state index in [2.05, 4.69) is 11.8 Å². The van der Waals surface area contributed by atoms with E-state index in [0.717, 1.165) is 28.8 Å². The predicted molar refractivity (Wildman–Crippen MR) is 137 cm³/mol.